The van der Waals surface area contributed by atoms with Gasteiger partial charge in [-0.15, -0.1) is 0 Å². The lowest BCUT2D eigenvalue weighted by atomic mass is 9.95. The number of nitro groups is 1. The Morgan fingerprint density at radius 1 is 1.19 bits per heavy atom. The Bertz CT molecular complexity index is 1090. The summed E-state index contributed by atoms with van der Waals surface area (Å²) in [5.74, 6) is -2.33. The number of hydrogen-bond acceptors (Lipinski definition) is 7. The van der Waals surface area contributed by atoms with E-state index in [1.807, 2.05) is 6.92 Å². The molecular weight excluding hydrogens is 404 g/mol. The fourth-order valence-electron chi connectivity index (χ4n) is 3.51. The molecule has 1 fully saturated rings. The molecule has 1 amide bonds. The Morgan fingerprint density at radius 3 is 2.45 bits per heavy atom. The molecule has 0 aliphatic carbocycles. The monoisotopic (exact) mass is 424 g/mol. The van der Waals surface area contributed by atoms with Gasteiger partial charge in [-0.3, -0.25) is 24.5 Å². The molecule has 1 aliphatic rings. The summed E-state index contributed by atoms with van der Waals surface area (Å²) < 4.78 is 5.11. The normalized spacial score (nSPS) is 17.6. The zero-order chi connectivity index (χ0) is 22.7. The van der Waals surface area contributed by atoms with E-state index in [0.717, 1.165) is 0 Å². The molecule has 0 aromatic heterocycles. The van der Waals surface area contributed by atoms with Gasteiger partial charge in [0.2, 0.25) is 0 Å². The van der Waals surface area contributed by atoms with Crippen LogP contribution in [0.5, 0.6) is 5.75 Å². The molecule has 0 saturated carbocycles. The van der Waals surface area contributed by atoms with Crippen LogP contribution in [0.3, 0.4) is 0 Å². The van der Waals surface area contributed by atoms with Crippen LogP contribution in [0, 0.1) is 10.1 Å². The largest absolute Gasteiger partial charge is 0.507 e. The predicted molar refractivity (Wildman–Crippen MR) is 110 cm³/mol. The number of likely N-dealkylation sites (tertiary alicyclic amines) is 1. The van der Waals surface area contributed by atoms with Gasteiger partial charge in [0.1, 0.15) is 11.5 Å². The number of rotatable bonds is 6. The summed E-state index contributed by atoms with van der Waals surface area (Å²) in [5, 5.41) is 21.8. The summed E-state index contributed by atoms with van der Waals surface area (Å²) in [7, 11) is 0. The van der Waals surface area contributed by atoms with Crippen LogP contribution >= 0.6 is 0 Å². The number of ketones is 1. The molecular formula is C22H20N2O7. The molecule has 0 bridgehead atoms. The molecule has 1 unspecified atom stereocenters. The van der Waals surface area contributed by atoms with Crippen molar-refractivity contribution in [1.29, 1.82) is 0 Å². The quantitative estimate of drug-likeness (QED) is 0.143. The van der Waals surface area contributed by atoms with E-state index in [4.69, 9.17) is 4.74 Å². The van der Waals surface area contributed by atoms with Gasteiger partial charge in [-0.25, -0.2) is 0 Å². The minimum atomic E-state index is -0.898. The fraction of sp³-hybridized carbons (Fsp3) is 0.227. The van der Waals surface area contributed by atoms with Crippen LogP contribution < -0.4 is 4.74 Å². The van der Waals surface area contributed by atoms with Crippen LogP contribution in [0.1, 0.15) is 37.4 Å². The van der Waals surface area contributed by atoms with Gasteiger partial charge in [-0.2, -0.15) is 0 Å². The van der Waals surface area contributed by atoms with Gasteiger partial charge in [0.15, 0.2) is 0 Å². The Balaban J connectivity index is 2.15. The van der Waals surface area contributed by atoms with Crippen LogP contribution in [-0.4, -0.2) is 39.1 Å². The third kappa shape index (κ3) is 4.30. The van der Waals surface area contributed by atoms with Gasteiger partial charge >= 0.3 is 5.97 Å². The summed E-state index contributed by atoms with van der Waals surface area (Å²) in [6.45, 7) is 3.37. The first kappa shape index (κ1) is 21.7. The van der Waals surface area contributed by atoms with E-state index >= 15 is 0 Å². The first-order valence-electron chi connectivity index (χ1n) is 9.56. The van der Waals surface area contributed by atoms with Crippen LogP contribution in [0.15, 0.2) is 54.1 Å². The number of esters is 1. The number of carbonyl (C=O) groups excluding carboxylic acids is 3. The maximum absolute atomic E-state index is 12.8. The highest BCUT2D eigenvalue weighted by Gasteiger charge is 2.45. The molecule has 1 N–H and O–H groups in total. The number of carbonyl (C=O) groups is 3. The molecule has 160 valence electrons. The minimum Gasteiger partial charge on any atom is -0.507 e. The lowest BCUT2D eigenvalue weighted by Crippen LogP contribution is -2.30. The van der Waals surface area contributed by atoms with Crippen LogP contribution in [0.4, 0.5) is 5.69 Å². The van der Waals surface area contributed by atoms with E-state index < -0.39 is 34.4 Å². The molecule has 9 nitrogen and oxygen atoms in total. The van der Waals surface area contributed by atoms with Crippen LogP contribution in [0.2, 0.25) is 0 Å². The molecule has 1 atom stereocenters. The van der Waals surface area contributed by atoms with Crippen molar-refractivity contribution < 1.29 is 29.2 Å². The number of ether oxygens (including phenoxy) is 1. The maximum atomic E-state index is 12.8. The summed E-state index contributed by atoms with van der Waals surface area (Å²) in [6, 6.07) is 10.5. The van der Waals surface area contributed by atoms with E-state index in [9.17, 15) is 29.6 Å². The van der Waals surface area contributed by atoms with Crippen molar-refractivity contribution in [2.45, 2.75) is 26.3 Å². The van der Waals surface area contributed by atoms with E-state index in [1.54, 1.807) is 18.2 Å². The second-order valence-corrected chi connectivity index (χ2v) is 6.96. The Hall–Kier alpha value is -4.01. The topological polar surface area (TPSA) is 127 Å². The zero-order valence-electron chi connectivity index (χ0n) is 16.9. The average molecular weight is 424 g/mol. The molecule has 2 aromatic carbocycles. The van der Waals surface area contributed by atoms with Crippen molar-refractivity contribution >= 4 is 29.1 Å². The Morgan fingerprint density at radius 2 is 1.87 bits per heavy atom. The molecule has 1 aliphatic heterocycles. The van der Waals surface area contributed by atoms with E-state index in [1.165, 1.54) is 42.2 Å². The summed E-state index contributed by atoms with van der Waals surface area (Å²) in [5.41, 5.74) is 0.344. The third-order valence-electron chi connectivity index (χ3n) is 4.79. The number of Topliss-reactive ketones (excluding diaryl/α,β-unsaturated/α-hetero) is 1. The highest BCUT2D eigenvalue weighted by Crippen LogP contribution is 2.40. The molecule has 1 saturated heterocycles. The van der Waals surface area contributed by atoms with Crippen molar-refractivity contribution in [3.63, 3.8) is 0 Å². The lowest BCUT2D eigenvalue weighted by molar-refractivity contribution is -0.384. The summed E-state index contributed by atoms with van der Waals surface area (Å²) in [6.07, 6.45) is 0.574. The van der Waals surface area contributed by atoms with Crippen molar-refractivity contribution in [2.75, 3.05) is 6.54 Å². The molecule has 1 heterocycles. The highest BCUT2D eigenvalue weighted by atomic mass is 16.6. The smallest absolute Gasteiger partial charge is 0.308 e. The number of non-ortho nitro benzene ring substituents is 1. The number of aliphatic hydroxyl groups is 1. The van der Waals surface area contributed by atoms with Gasteiger partial charge in [-0.05, 0) is 36.2 Å². The van der Waals surface area contributed by atoms with E-state index in [2.05, 4.69) is 0 Å². The summed E-state index contributed by atoms with van der Waals surface area (Å²) >= 11 is 0. The zero-order valence-corrected chi connectivity index (χ0v) is 16.9. The minimum absolute atomic E-state index is 0.132. The van der Waals surface area contributed by atoms with Gasteiger partial charge in [0.05, 0.1) is 16.5 Å². The van der Waals surface area contributed by atoms with E-state index in [-0.39, 0.29) is 29.1 Å². The van der Waals surface area contributed by atoms with Gasteiger partial charge < -0.3 is 14.7 Å². The first-order chi connectivity index (χ1) is 14.7. The lowest BCUT2D eigenvalue weighted by Gasteiger charge is -2.25. The van der Waals surface area contributed by atoms with Gasteiger partial charge in [-0.1, -0.05) is 19.1 Å². The van der Waals surface area contributed by atoms with Gasteiger partial charge in [0.25, 0.3) is 17.4 Å². The van der Waals surface area contributed by atoms with Crippen molar-refractivity contribution in [3.05, 3.63) is 75.3 Å². The predicted octanol–water partition coefficient (Wildman–Crippen LogP) is 3.35. The molecule has 0 spiro atoms. The molecule has 0 radical (unpaired) electrons. The van der Waals surface area contributed by atoms with Crippen molar-refractivity contribution in [1.82, 2.24) is 4.90 Å². The number of aliphatic hydroxyl groups excluding tert-OH is 1. The Labute approximate surface area is 177 Å². The molecule has 2 aromatic rings. The van der Waals surface area contributed by atoms with Crippen LogP contribution in [0.25, 0.3) is 5.76 Å². The van der Waals surface area contributed by atoms with Crippen molar-refractivity contribution in [2.24, 2.45) is 0 Å². The van der Waals surface area contributed by atoms with E-state index in [0.29, 0.717) is 12.0 Å². The third-order valence-corrected chi connectivity index (χ3v) is 4.79. The Kier molecular flexibility index (Phi) is 6.15. The van der Waals surface area contributed by atoms with Crippen LogP contribution in [-0.2, 0) is 14.4 Å². The summed E-state index contributed by atoms with van der Waals surface area (Å²) in [4.78, 5) is 48.5. The average Bonchev–Trinajstić information content (AvgIpc) is 2.98. The fourth-order valence-corrected chi connectivity index (χ4v) is 3.51. The standard InChI is InChI=1S/C22H20N2O7/c1-3-11-23-19(15-5-4-6-17(12-15)31-13(2)25)18(21(27)22(23)28)20(26)14-7-9-16(10-8-14)24(29)30/h4-10,12,19,26H,3,11H2,1-2H3/b20-18+. The van der Waals surface area contributed by atoms with Gasteiger partial charge in [0, 0.05) is 31.2 Å². The number of amides is 1. The number of benzene rings is 2. The molecule has 3 rings (SSSR count). The number of nitro benzene ring substituents is 1. The van der Waals surface area contributed by atoms with Crippen molar-refractivity contribution in [3.8, 4) is 5.75 Å². The number of hydrogen-bond donors (Lipinski definition) is 1. The second-order valence-electron chi connectivity index (χ2n) is 6.96. The first-order valence-corrected chi connectivity index (χ1v) is 9.56. The maximum Gasteiger partial charge on any atom is 0.308 e. The SMILES string of the molecule is CCCN1C(=O)C(=O)/C(=C(/O)c2ccc([N+](=O)[O-])cc2)C1c1cccc(OC(C)=O)c1. The highest BCUT2D eigenvalue weighted by molar-refractivity contribution is 6.46. The second kappa shape index (κ2) is 8.78. The molecule has 9 heteroatoms. The molecule has 31 heavy (non-hydrogen) atoms. The number of nitrogens with zero attached hydrogens (tertiary/aromatic N) is 2.